The quantitative estimate of drug-likeness (QED) is 0.919. The Morgan fingerprint density at radius 3 is 2.58 bits per heavy atom. The third-order valence-electron chi connectivity index (χ3n) is 2.86. The van der Waals surface area contributed by atoms with Crippen LogP contribution in [0.1, 0.15) is 10.6 Å². The first kappa shape index (κ1) is 14.0. The van der Waals surface area contributed by atoms with E-state index >= 15 is 0 Å². The van der Waals surface area contributed by atoms with E-state index in [9.17, 15) is 9.59 Å². The van der Waals surface area contributed by atoms with Gasteiger partial charge in [-0.3, -0.25) is 13.9 Å². The molecule has 0 aliphatic heterocycles. The van der Waals surface area contributed by atoms with E-state index < -0.39 is 0 Å². The van der Waals surface area contributed by atoms with E-state index in [1.54, 1.807) is 7.05 Å². The van der Waals surface area contributed by atoms with E-state index in [4.69, 9.17) is 11.6 Å². The molecule has 0 atom stereocenters. The predicted octanol–water partition coefficient (Wildman–Crippen LogP) is 1.09. The Bertz CT molecular complexity index is 702. The van der Waals surface area contributed by atoms with Crippen molar-refractivity contribution in [2.75, 3.05) is 0 Å². The zero-order valence-electron chi connectivity index (χ0n) is 10.6. The number of aromatic nitrogens is 2. The fraction of sp³-hybridized carbons (Fsp3) is 0.333. The van der Waals surface area contributed by atoms with Gasteiger partial charge in [-0.05, 0) is 12.1 Å². The van der Waals surface area contributed by atoms with Gasteiger partial charge in [0.2, 0.25) is 0 Å². The largest absolute Gasteiger partial charge is 0.330 e. The SMILES string of the molecule is Cn1c(CNCc2ccc(Cl)s2)cc(=O)n(C)c1=O. The summed E-state index contributed by atoms with van der Waals surface area (Å²) in [5.74, 6) is 0. The second-order valence-electron chi connectivity index (χ2n) is 4.18. The Morgan fingerprint density at radius 2 is 1.95 bits per heavy atom. The number of nitrogens with one attached hydrogen (secondary N) is 1. The lowest BCUT2D eigenvalue weighted by molar-refractivity contribution is 0.603. The van der Waals surface area contributed by atoms with E-state index in [1.165, 1.54) is 29.0 Å². The van der Waals surface area contributed by atoms with Crippen LogP contribution < -0.4 is 16.6 Å². The molecule has 0 aromatic carbocycles. The first-order valence-electron chi connectivity index (χ1n) is 5.70. The van der Waals surface area contributed by atoms with E-state index in [1.807, 2.05) is 12.1 Å². The van der Waals surface area contributed by atoms with Gasteiger partial charge in [0.05, 0.1) is 4.34 Å². The van der Waals surface area contributed by atoms with Crippen molar-refractivity contribution in [1.29, 1.82) is 0 Å². The monoisotopic (exact) mass is 299 g/mol. The second-order valence-corrected chi connectivity index (χ2v) is 5.98. The first-order chi connectivity index (χ1) is 8.99. The Morgan fingerprint density at radius 1 is 1.21 bits per heavy atom. The summed E-state index contributed by atoms with van der Waals surface area (Å²) in [5, 5.41) is 3.19. The molecule has 5 nitrogen and oxygen atoms in total. The van der Waals surface area contributed by atoms with Gasteiger partial charge in [0.1, 0.15) is 0 Å². The molecular weight excluding hydrogens is 286 g/mol. The van der Waals surface area contributed by atoms with Crippen LogP contribution in [0.25, 0.3) is 0 Å². The number of nitrogens with zero attached hydrogens (tertiary/aromatic N) is 2. The molecule has 0 aliphatic rings. The minimum absolute atomic E-state index is 0.293. The van der Waals surface area contributed by atoms with Crippen molar-refractivity contribution in [2.45, 2.75) is 13.1 Å². The van der Waals surface area contributed by atoms with Gasteiger partial charge in [0, 0.05) is 43.8 Å². The van der Waals surface area contributed by atoms with Crippen molar-refractivity contribution in [2.24, 2.45) is 14.1 Å². The van der Waals surface area contributed by atoms with Crippen LogP contribution in [0.5, 0.6) is 0 Å². The summed E-state index contributed by atoms with van der Waals surface area (Å²) in [6.45, 7) is 1.11. The number of hydrogen-bond acceptors (Lipinski definition) is 4. The van der Waals surface area contributed by atoms with Crippen LogP contribution in [0.2, 0.25) is 4.34 Å². The standard InChI is InChI=1S/C12H14ClN3O2S/c1-15-8(5-11(17)16(2)12(15)18)6-14-7-9-3-4-10(13)19-9/h3-5,14H,6-7H2,1-2H3. The molecule has 0 unspecified atom stereocenters. The van der Waals surface area contributed by atoms with Crippen LogP contribution in [0.4, 0.5) is 0 Å². The summed E-state index contributed by atoms with van der Waals surface area (Å²) in [6, 6.07) is 5.26. The number of rotatable bonds is 4. The van der Waals surface area contributed by atoms with Gasteiger partial charge in [-0.1, -0.05) is 11.6 Å². The lowest BCUT2D eigenvalue weighted by Crippen LogP contribution is -2.38. The van der Waals surface area contributed by atoms with Crippen LogP contribution in [0.3, 0.4) is 0 Å². The molecule has 2 heterocycles. The molecule has 102 valence electrons. The third-order valence-corrected chi connectivity index (χ3v) is 4.09. The molecule has 19 heavy (non-hydrogen) atoms. The van der Waals surface area contributed by atoms with Crippen molar-refractivity contribution in [3.05, 3.63) is 53.9 Å². The molecule has 0 amide bonds. The van der Waals surface area contributed by atoms with Gasteiger partial charge in [-0.25, -0.2) is 4.79 Å². The summed E-state index contributed by atoms with van der Waals surface area (Å²) in [4.78, 5) is 24.4. The van der Waals surface area contributed by atoms with E-state index in [0.717, 1.165) is 13.8 Å². The van der Waals surface area contributed by atoms with Crippen LogP contribution >= 0.6 is 22.9 Å². The molecule has 7 heteroatoms. The molecule has 0 bridgehead atoms. The lowest BCUT2D eigenvalue weighted by atomic mass is 10.3. The van der Waals surface area contributed by atoms with Crippen molar-refractivity contribution >= 4 is 22.9 Å². The number of thiophene rings is 1. The van der Waals surface area contributed by atoms with Gasteiger partial charge in [-0.2, -0.15) is 0 Å². The van der Waals surface area contributed by atoms with E-state index in [2.05, 4.69) is 5.32 Å². The Kier molecular flexibility index (Phi) is 4.24. The number of hydrogen-bond donors (Lipinski definition) is 1. The van der Waals surface area contributed by atoms with Crippen LogP contribution in [-0.4, -0.2) is 9.13 Å². The zero-order chi connectivity index (χ0) is 14.0. The topological polar surface area (TPSA) is 56.0 Å². The van der Waals surface area contributed by atoms with Gasteiger partial charge in [-0.15, -0.1) is 11.3 Å². The van der Waals surface area contributed by atoms with Gasteiger partial charge >= 0.3 is 5.69 Å². The van der Waals surface area contributed by atoms with Gasteiger partial charge in [0.15, 0.2) is 0 Å². The molecule has 2 aromatic heterocycles. The van der Waals surface area contributed by atoms with E-state index in [-0.39, 0.29) is 11.2 Å². The van der Waals surface area contributed by atoms with Crippen molar-refractivity contribution in [3.8, 4) is 0 Å². The highest BCUT2D eigenvalue weighted by molar-refractivity contribution is 7.16. The summed E-state index contributed by atoms with van der Waals surface area (Å²) < 4.78 is 3.30. The Balaban J connectivity index is 2.08. The lowest BCUT2D eigenvalue weighted by Gasteiger charge is -2.09. The maximum absolute atomic E-state index is 11.7. The summed E-state index contributed by atoms with van der Waals surface area (Å²) in [7, 11) is 3.12. The Hall–Kier alpha value is -1.37. The highest BCUT2D eigenvalue weighted by Gasteiger charge is 2.05. The summed E-state index contributed by atoms with van der Waals surface area (Å²) in [6.07, 6.45) is 0. The molecule has 0 radical (unpaired) electrons. The predicted molar refractivity (Wildman–Crippen MR) is 76.8 cm³/mol. The normalized spacial score (nSPS) is 10.9. The highest BCUT2D eigenvalue weighted by atomic mass is 35.5. The Labute approximate surface area is 119 Å². The molecular formula is C12H14ClN3O2S. The third kappa shape index (κ3) is 3.15. The van der Waals surface area contributed by atoms with Gasteiger partial charge in [0.25, 0.3) is 5.56 Å². The van der Waals surface area contributed by atoms with Crippen molar-refractivity contribution in [1.82, 2.24) is 14.5 Å². The fourth-order valence-electron chi connectivity index (χ4n) is 1.71. The zero-order valence-corrected chi connectivity index (χ0v) is 12.2. The number of halogens is 1. The molecule has 0 aliphatic carbocycles. The molecule has 2 aromatic rings. The minimum Gasteiger partial charge on any atom is -0.306 e. The van der Waals surface area contributed by atoms with Crippen molar-refractivity contribution in [3.63, 3.8) is 0 Å². The average Bonchev–Trinajstić information content (AvgIpc) is 2.79. The van der Waals surface area contributed by atoms with Gasteiger partial charge < -0.3 is 5.32 Å². The van der Waals surface area contributed by atoms with Crippen molar-refractivity contribution < 1.29 is 0 Å². The van der Waals surface area contributed by atoms with Crippen LogP contribution in [0, 0.1) is 0 Å². The summed E-state index contributed by atoms with van der Waals surface area (Å²) >= 11 is 7.35. The maximum atomic E-state index is 11.7. The average molecular weight is 300 g/mol. The second kappa shape index (κ2) is 5.73. The molecule has 2 rings (SSSR count). The van der Waals surface area contributed by atoms with Crippen LogP contribution in [-0.2, 0) is 27.2 Å². The van der Waals surface area contributed by atoms with E-state index in [0.29, 0.717) is 18.8 Å². The fourth-order valence-corrected chi connectivity index (χ4v) is 2.77. The van der Waals surface area contributed by atoms with Crippen LogP contribution in [0.15, 0.2) is 27.8 Å². The first-order valence-corrected chi connectivity index (χ1v) is 6.89. The minimum atomic E-state index is -0.316. The smallest absolute Gasteiger partial charge is 0.306 e. The molecule has 0 saturated carbocycles. The maximum Gasteiger partial charge on any atom is 0.330 e. The highest BCUT2D eigenvalue weighted by Crippen LogP contribution is 2.20. The molecule has 0 saturated heterocycles. The molecule has 0 fully saturated rings. The molecule has 1 N–H and O–H groups in total. The summed E-state index contributed by atoms with van der Waals surface area (Å²) in [5.41, 5.74) is 0.0540. The molecule has 0 spiro atoms.